The van der Waals surface area contributed by atoms with Gasteiger partial charge in [-0.3, -0.25) is 0 Å². The van der Waals surface area contributed by atoms with Crippen molar-refractivity contribution in [2.75, 3.05) is 6.86 Å². The summed E-state index contributed by atoms with van der Waals surface area (Å²) >= 11 is 4.41. The Hall–Kier alpha value is -1.25. The molecule has 0 atom stereocenters. The van der Waals surface area contributed by atoms with Crippen molar-refractivity contribution in [2.24, 2.45) is 4.99 Å². The predicted molar refractivity (Wildman–Crippen MR) is 47.7 cm³/mol. The fourth-order valence-corrected chi connectivity index (χ4v) is 0.878. The quantitative estimate of drug-likeness (QED) is 0.530. The van der Waals surface area contributed by atoms with Crippen LogP contribution in [0.5, 0.6) is 5.75 Å². The predicted octanol–water partition coefficient (Wildman–Crippen LogP) is 2.73. The molecule has 0 radical (unpaired) electrons. The van der Waals surface area contributed by atoms with Crippen molar-refractivity contribution < 1.29 is 9.13 Å². The fraction of sp³-hybridized carbons (Fsp3) is 0.125. The molecule has 0 heterocycles. The van der Waals surface area contributed by atoms with Gasteiger partial charge in [0.2, 0.25) is 6.86 Å². The van der Waals surface area contributed by atoms with Gasteiger partial charge >= 0.3 is 0 Å². The minimum atomic E-state index is -0.871. The lowest BCUT2D eigenvalue weighted by molar-refractivity contribution is 0.192. The smallest absolute Gasteiger partial charge is 0.228 e. The number of ether oxygens (including phenoxy) is 1. The number of hydrogen-bond acceptors (Lipinski definition) is 3. The van der Waals surface area contributed by atoms with E-state index < -0.39 is 6.86 Å². The number of hydrogen-bond donors (Lipinski definition) is 0. The first-order valence-corrected chi connectivity index (χ1v) is 3.65. The summed E-state index contributed by atoms with van der Waals surface area (Å²) in [5.41, 5.74) is 0.491. The molecular formula is C8H6FNOS. The standard InChI is InChI=1S/C8H6FNOS/c9-5-11-8-4-2-1-3-7(8)10-6-12/h1-4H,5H2. The Morgan fingerprint density at radius 2 is 2.25 bits per heavy atom. The first kappa shape index (κ1) is 8.84. The molecular weight excluding hydrogens is 177 g/mol. The minimum absolute atomic E-state index is 0.373. The summed E-state index contributed by atoms with van der Waals surface area (Å²) in [5, 5.41) is 2.19. The van der Waals surface area contributed by atoms with Crippen LogP contribution in [0, 0.1) is 0 Å². The van der Waals surface area contributed by atoms with Crippen LogP contribution in [0.1, 0.15) is 0 Å². The summed E-state index contributed by atoms with van der Waals surface area (Å²) in [4.78, 5) is 3.70. The summed E-state index contributed by atoms with van der Waals surface area (Å²) in [7, 11) is 0. The number of halogens is 1. The van der Waals surface area contributed by atoms with Gasteiger partial charge < -0.3 is 4.74 Å². The number of thiocarbonyl (C=S) groups is 1. The summed E-state index contributed by atoms with van der Waals surface area (Å²) in [6.07, 6.45) is 0. The third-order valence-electron chi connectivity index (χ3n) is 1.24. The lowest BCUT2D eigenvalue weighted by Crippen LogP contribution is -1.89. The molecule has 0 amide bonds. The van der Waals surface area contributed by atoms with Crippen molar-refractivity contribution in [1.29, 1.82) is 0 Å². The maximum Gasteiger partial charge on any atom is 0.228 e. The van der Waals surface area contributed by atoms with Gasteiger partial charge in [0, 0.05) is 0 Å². The van der Waals surface area contributed by atoms with Crippen LogP contribution in [-0.2, 0) is 0 Å². The van der Waals surface area contributed by atoms with Crippen molar-refractivity contribution in [2.45, 2.75) is 0 Å². The van der Waals surface area contributed by atoms with E-state index in [-0.39, 0.29) is 0 Å². The summed E-state index contributed by atoms with van der Waals surface area (Å²) in [5.74, 6) is 0.373. The highest BCUT2D eigenvalue weighted by Gasteiger charge is 1.98. The minimum Gasteiger partial charge on any atom is -0.461 e. The lowest BCUT2D eigenvalue weighted by Gasteiger charge is -2.02. The zero-order valence-corrected chi connectivity index (χ0v) is 6.97. The van der Waals surface area contributed by atoms with Crippen molar-refractivity contribution in [3.8, 4) is 5.75 Å². The average molecular weight is 183 g/mol. The molecule has 0 saturated heterocycles. The van der Waals surface area contributed by atoms with Gasteiger partial charge in [-0.1, -0.05) is 12.1 Å². The van der Waals surface area contributed by atoms with Gasteiger partial charge in [-0.05, 0) is 24.4 Å². The van der Waals surface area contributed by atoms with Crippen molar-refractivity contribution >= 4 is 23.1 Å². The zero-order valence-electron chi connectivity index (χ0n) is 6.16. The molecule has 1 aromatic rings. The van der Waals surface area contributed by atoms with Crippen LogP contribution in [0.2, 0.25) is 0 Å². The van der Waals surface area contributed by atoms with Gasteiger partial charge in [-0.2, -0.15) is 4.99 Å². The van der Waals surface area contributed by atoms with Gasteiger partial charge in [0.05, 0.1) is 5.16 Å². The van der Waals surface area contributed by atoms with E-state index in [2.05, 4.69) is 27.1 Å². The van der Waals surface area contributed by atoms with E-state index in [1.54, 1.807) is 24.3 Å². The lowest BCUT2D eigenvalue weighted by atomic mass is 10.3. The Labute approximate surface area is 74.7 Å². The van der Waals surface area contributed by atoms with Crippen LogP contribution in [-0.4, -0.2) is 12.0 Å². The first-order chi connectivity index (χ1) is 5.88. The zero-order chi connectivity index (χ0) is 8.81. The summed E-state index contributed by atoms with van der Waals surface area (Å²) < 4.78 is 16.4. The SMILES string of the molecule is FCOc1ccccc1N=C=S. The number of rotatable bonds is 3. The molecule has 0 unspecified atom stereocenters. The van der Waals surface area contributed by atoms with E-state index in [9.17, 15) is 4.39 Å². The summed E-state index contributed by atoms with van der Waals surface area (Å²) in [6, 6.07) is 6.78. The van der Waals surface area contributed by atoms with Crippen molar-refractivity contribution in [1.82, 2.24) is 0 Å². The number of alkyl halides is 1. The van der Waals surface area contributed by atoms with Crippen LogP contribution in [0.15, 0.2) is 29.3 Å². The molecule has 2 nitrogen and oxygen atoms in total. The second kappa shape index (κ2) is 4.59. The largest absolute Gasteiger partial charge is 0.461 e. The first-order valence-electron chi connectivity index (χ1n) is 3.24. The molecule has 0 aliphatic rings. The Balaban J connectivity index is 2.99. The molecule has 0 bridgehead atoms. The van der Waals surface area contributed by atoms with E-state index in [0.717, 1.165) is 0 Å². The molecule has 0 fully saturated rings. The van der Waals surface area contributed by atoms with Gasteiger partial charge in [0.1, 0.15) is 11.4 Å². The highest BCUT2D eigenvalue weighted by atomic mass is 32.1. The number of benzene rings is 1. The number of nitrogens with zero attached hydrogens (tertiary/aromatic N) is 1. The highest BCUT2D eigenvalue weighted by Crippen LogP contribution is 2.25. The normalized spacial score (nSPS) is 8.75. The van der Waals surface area contributed by atoms with Crippen LogP contribution >= 0.6 is 12.2 Å². The maximum atomic E-state index is 11.8. The van der Waals surface area contributed by atoms with Crippen molar-refractivity contribution in [3.63, 3.8) is 0 Å². The van der Waals surface area contributed by atoms with Gasteiger partial charge in [0.15, 0.2) is 0 Å². The third-order valence-corrected chi connectivity index (χ3v) is 1.33. The number of para-hydroxylation sites is 2. The molecule has 0 spiro atoms. The molecule has 1 aromatic carbocycles. The molecule has 12 heavy (non-hydrogen) atoms. The van der Waals surface area contributed by atoms with E-state index >= 15 is 0 Å². The van der Waals surface area contributed by atoms with Gasteiger partial charge in [-0.25, -0.2) is 4.39 Å². The fourth-order valence-electron chi connectivity index (χ4n) is 0.780. The highest BCUT2D eigenvalue weighted by molar-refractivity contribution is 7.78. The van der Waals surface area contributed by atoms with E-state index in [0.29, 0.717) is 11.4 Å². The molecule has 0 N–H and O–H groups in total. The molecule has 1 rings (SSSR count). The Kier molecular flexibility index (Phi) is 3.38. The topological polar surface area (TPSA) is 21.6 Å². The summed E-state index contributed by atoms with van der Waals surface area (Å²) in [6.45, 7) is -0.871. The van der Waals surface area contributed by atoms with Crippen LogP contribution < -0.4 is 4.74 Å². The molecule has 4 heteroatoms. The Bertz CT molecular complexity index is 310. The van der Waals surface area contributed by atoms with Crippen molar-refractivity contribution in [3.05, 3.63) is 24.3 Å². The molecule has 0 aromatic heterocycles. The van der Waals surface area contributed by atoms with E-state index in [1.165, 1.54) is 0 Å². The van der Waals surface area contributed by atoms with E-state index in [4.69, 9.17) is 0 Å². The molecule has 62 valence electrons. The van der Waals surface area contributed by atoms with Crippen LogP contribution in [0.25, 0.3) is 0 Å². The number of aliphatic imine (C=N–C) groups is 1. The van der Waals surface area contributed by atoms with E-state index in [1.807, 2.05) is 0 Å². The second-order valence-corrected chi connectivity index (χ2v) is 2.11. The molecule has 0 saturated carbocycles. The third kappa shape index (κ3) is 2.12. The Morgan fingerprint density at radius 1 is 1.50 bits per heavy atom. The molecule has 0 aliphatic carbocycles. The Morgan fingerprint density at radius 3 is 2.92 bits per heavy atom. The van der Waals surface area contributed by atoms with Crippen LogP contribution in [0.3, 0.4) is 0 Å². The van der Waals surface area contributed by atoms with Gasteiger partial charge in [-0.15, -0.1) is 0 Å². The van der Waals surface area contributed by atoms with Gasteiger partial charge in [0.25, 0.3) is 0 Å². The maximum absolute atomic E-state index is 11.8. The number of isothiocyanates is 1. The monoisotopic (exact) mass is 183 g/mol. The average Bonchev–Trinajstić information content (AvgIpc) is 2.09. The molecule has 0 aliphatic heterocycles. The second-order valence-electron chi connectivity index (χ2n) is 1.92. The van der Waals surface area contributed by atoms with Crippen LogP contribution in [0.4, 0.5) is 10.1 Å².